The lowest BCUT2D eigenvalue weighted by atomic mass is 9.83. The first-order valence-corrected chi connectivity index (χ1v) is 8.60. The molecule has 25 heavy (non-hydrogen) atoms. The molecule has 4 heterocycles. The van der Waals surface area contributed by atoms with E-state index >= 15 is 0 Å². The van der Waals surface area contributed by atoms with Gasteiger partial charge in [0.2, 0.25) is 11.8 Å². The van der Waals surface area contributed by atoms with Gasteiger partial charge >= 0.3 is 0 Å². The average Bonchev–Trinajstić information content (AvgIpc) is 2.86. The number of amides is 2. The van der Waals surface area contributed by atoms with Gasteiger partial charge in [0.25, 0.3) is 0 Å². The van der Waals surface area contributed by atoms with Crippen molar-refractivity contribution < 1.29 is 14.3 Å². The van der Waals surface area contributed by atoms with E-state index in [0.29, 0.717) is 11.7 Å². The molecule has 6 nitrogen and oxygen atoms in total. The highest BCUT2D eigenvalue weighted by Gasteiger charge is 2.46. The van der Waals surface area contributed by atoms with Crippen LogP contribution in [0.2, 0.25) is 0 Å². The van der Waals surface area contributed by atoms with Crippen LogP contribution in [0.1, 0.15) is 30.7 Å². The van der Waals surface area contributed by atoms with Crippen LogP contribution in [0.15, 0.2) is 18.2 Å². The standard InChI is InChI=1S/C18H23N3O3.ClH/c1-24-12-2-3-15-13(8-12)14(9-17(19)22)18(23)21(15)16-10-20-6-4-11(16)5-7-20;/h2-3,8,11,14,16H,4-7,9-10H2,1H3,(H2,19,22);1H. The Hall–Kier alpha value is -1.79. The summed E-state index contributed by atoms with van der Waals surface area (Å²) >= 11 is 0. The van der Waals surface area contributed by atoms with Gasteiger partial charge in [-0.25, -0.2) is 0 Å². The van der Waals surface area contributed by atoms with Gasteiger partial charge in [0.15, 0.2) is 0 Å². The molecule has 0 spiro atoms. The molecular formula is C18H24ClN3O3. The first-order valence-electron chi connectivity index (χ1n) is 8.60. The maximum atomic E-state index is 13.1. The largest absolute Gasteiger partial charge is 0.497 e. The minimum Gasteiger partial charge on any atom is -0.497 e. The fourth-order valence-corrected chi connectivity index (χ4v) is 4.54. The third-order valence-electron chi connectivity index (χ3n) is 5.76. The predicted octanol–water partition coefficient (Wildman–Crippen LogP) is 1.52. The third kappa shape index (κ3) is 2.98. The summed E-state index contributed by atoms with van der Waals surface area (Å²) in [6, 6.07) is 5.91. The Balaban J connectivity index is 0.00000182. The van der Waals surface area contributed by atoms with Crippen LogP contribution in [0.25, 0.3) is 0 Å². The van der Waals surface area contributed by atoms with E-state index < -0.39 is 11.8 Å². The average molecular weight is 366 g/mol. The Labute approximate surface area is 153 Å². The smallest absolute Gasteiger partial charge is 0.235 e. The van der Waals surface area contributed by atoms with Gasteiger partial charge in [0, 0.05) is 18.7 Å². The molecule has 3 saturated heterocycles. The van der Waals surface area contributed by atoms with Gasteiger partial charge < -0.3 is 20.3 Å². The Kier molecular flexibility index (Phi) is 4.93. The molecule has 7 heteroatoms. The number of benzene rings is 1. The van der Waals surface area contributed by atoms with Crippen molar-refractivity contribution in [3.63, 3.8) is 0 Å². The molecule has 0 aromatic heterocycles. The SMILES string of the molecule is COc1ccc2c(c1)C(CC(N)=O)C(=O)N2C1CN2CCC1CC2.Cl. The highest BCUT2D eigenvalue weighted by atomic mass is 35.5. The van der Waals surface area contributed by atoms with E-state index in [1.54, 1.807) is 7.11 Å². The maximum absolute atomic E-state index is 13.1. The molecule has 3 fully saturated rings. The minimum absolute atomic E-state index is 0. The van der Waals surface area contributed by atoms with Crippen LogP contribution in [0.4, 0.5) is 5.69 Å². The van der Waals surface area contributed by atoms with Gasteiger partial charge in [-0.3, -0.25) is 9.59 Å². The first kappa shape index (κ1) is 18.0. The molecule has 0 saturated carbocycles. The summed E-state index contributed by atoms with van der Waals surface area (Å²) in [6.07, 6.45) is 2.33. The Morgan fingerprint density at radius 1 is 1.32 bits per heavy atom. The zero-order valence-corrected chi connectivity index (χ0v) is 15.1. The van der Waals surface area contributed by atoms with E-state index in [1.807, 2.05) is 23.1 Å². The maximum Gasteiger partial charge on any atom is 0.235 e. The number of methoxy groups -OCH3 is 1. The lowest BCUT2D eigenvalue weighted by Crippen LogP contribution is -2.58. The van der Waals surface area contributed by atoms with Crippen LogP contribution in [0, 0.1) is 5.92 Å². The number of hydrogen-bond acceptors (Lipinski definition) is 4. The van der Waals surface area contributed by atoms with Gasteiger partial charge in [-0.1, -0.05) is 0 Å². The summed E-state index contributed by atoms with van der Waals surface area (Å²) in [5.74, 6) is 0.324. The van der Waals surface area contributed by atoms with Gasteiger partial charge in [-0.05, 0) is 55.6 Å². The highest BCUT2D eigenvalue weighted by molar-refractivity contribution is 6.07. The molecule has 5 rings (SSSR count). The van der Waals surface area contributed by atoms with E-state index in [-0.39, 0.29) is 30.8 Å². The Bertz CT molecular complexity index is 688. The number of carbonyl (C=O) groups is 2. The number of hydrogen-bond donors (Lipinski definition) is 1. The van der Waals surface area contributed by atoms with Crippen molar-refractivity contribution >= 4 is 29.9 Å². The van der Waals surface area contributed by atoms with E-state index in [1.165, 1.54) is 0 Å². The van der Waals surface area contributed by atoms with Crippen molar-refractivity contribution in [3.05, 3.63) is 23.8 Å². The predicted molar refractivity (Wildman–Crippen MR) is 97.2 cm³/mol. The first-order chi connectivity index (χ1) is 11.6. The quantitative estimate of drug-likeness (QED) is 0.877. The molecule has 2 N–H and O–H groups in total. The van der Waals surface area contributed by atoms with Crippen LogP contribution < -0.4 is 15.4 Å². The summed E-state index contributed by atoms with van der Waals surface area (Å²) in [6.45, 7) is 3.18. The van der Waals surface area contributed by atoms with Crippen molar-refractivity contribution in [1.82, 2.24) is 4.90 Å². The molecule has 4 aliphatic rings. The van der Waals surface area contributed by atoms with E-state index in [4.69, 9.17) is 10.5 Å². The monoisotopic (exact) mass is 365 g/mol. The fourth-order valence-electron chi connectivity index (χ4n) is 4.54. The van der Waals surface area contributed by atoms with Crippen molar-refractivity contribution in [3.8, 4) is 5.75 Å². The van der Waals surface area contributed by atoms with Crippen molar-refractivity contribution in [2.45, 2.75) is 31.2 Å². The molecule has 2 amide bonds. The van der Waals surface area contributed by atoms with Crippen molar-refractivity contribution in [2.24, 2.45) is 11.7 Å². The van der Waals surface area contributed by atoms with Crippen LogP contribution in [-0.2, 0) is 9.59 Å². The Morgan fingerprint density at radius 2 is 2.04 bits per heavy atom. The van der Waals surface area contributed by atoms with Gasteiger partial charge in [-0.15, -0.1) is 12.4 Å². The number of ether oxygens (including phenoxy) is 1. The number of nitrogens with two attached hydrogens (primary N) is 1. The molecule has 136 valence electrons. The second-order valence-corrected chi connectivity index (χ2v) is 7.06. The molecule has 2 atom stereocenters. The zero-order chi connectivity index (χ0) is 16.8. The number of piperidine rings is 3. The summed E-state index contributed by atoms with van der Waals surface area (Å²) in [5.41, 5.74) is 7.19. The van der Waals surface area contributed by atoms with Crippen LogP contribution >= 0.6 is 12.4 Å². The summed E-state index contributed by atoms with van der Waals surface area (Å²) in [4.78, 5) is 29.0. The van der Waals surface area contributed by atoms with E-state index in [2.05, 4.69) is 4.90 Å². The summed E-state index contributed by atoms with van der Waals surface area (Å²) in [7, 11) is 1.60. The van der Waals surface area contributed by atoms with E-state index in [0.717, 1.165) is 43.7 Å². The molecule has 2 bridgehead atoms. The topological polar surface area (TPSA) is 75.9 Å². The number of halogens is 1. The van der Waals surface area contributed by atoms with Gasteiger partial charge in [0.05, 0.1) is 19.1 Å². The molecule has 2 unspecified atom stereocenters. The Morgan fingerprint density at radius 3 is 2.60 bits per heavy atom. The van der Waals surface area contributed by atoms with E-state index in [9.17, 15) is 9.59 Å². The number of anilines is 1. The molecule has 4 aliphatic heterocycles. The zero-order valence-electron chi connectivity index (χ0n) is 14.3. The highest BCUT2D eigenvalue weighted by Crippen LogP contribution is 2.45. The second kappa shape index (κ2) is 6.84. The second-order valence-electron chi connectivity index (χ2n) is 7.06. The van der Waals surface area contributed by atoms with Crippen LogP contribution in [-0.4, -0.2) is 49.5 Å². The lowest BCUT2D eigenvalue weighted by Gasteiger charge is -2.48. The molecular weight excluding hydrogens is 342 g/mol. The summed E-state index contributed by atoms with van der Waals surface area (Å²) in [5, 5.41) is 0. The third-order valence-corrected chi connectivity index (χ3v) is 5.76. The normalized spacial score (nSPS) is 30.0. The fraction of sp³-hybridized carbons (Fsp3) is 0.556. The van der Waals surface area contributed by atoms with Crippen LogP contribution in [0.5, 0.6) is 5.75 Å². The molecule has 0 radical (unpaired) electrons. The number of rotatable bonds is 4. The number of primary amides is 1. The molecule has 1 aromatic rings. The minimum atomic E-state index is -0.483. The number of nitrogens with zero attached hydrogens (tertiary/aromatic N) is 2. The molecule has 0 aliphatic carbocycles. The lowest BCUT2D eigenvalue weighted by molar-refractivity contribution is -0.125. The van der Waals surface area contributed by atoms with Gasteiger partial charge in [0.1, 0.15) is 5.75 Å². The molecule has 1 aromatic carbocycles. The van der Waals surface area contributed by atoms with Crippen molar-refractivity contribution in [1.29, 1.82) is 0 Å². The van der Waals surface area contributed by atoms with Gasteiger partial charge in [-0.2, -0.15) is 0 Å². The van der Waals surface area contributed by atoms with Crippen molar-refractivity contribution in [2.75, 3.05) is 31.6 Å². The number of carbonyl (C=O) groups excluding carboxylic acids is 2. The summed E-state index contributed by atoms with van der Waals surface area (Å²) < 4.78 is 5.30. The van der Waals surface area contributed by atoms with Crippen LogP contribution in [0.3, 0.4) is 0 Å². The number of fused-ring (bicyclic) bond motifs is 4.